The smallest absolute Gasteiger partial charge is 0.138 e. The second-order valence-corrected chi connectivity index (χ2v) is 4.91. The summed E-state index contributed by atoms with van der Waals surface area (Å²) in [6.45, 7) is 4.31. The Morgan fingerprint density at radius 3 is 2.74 bits per heavy atom. The zero-order chi connectivity index (χ0) is 13.4. The predicted octanol–water partition coefficient (Wildman–Crippen LogP) is 4.37. The average Bonchev–Trinajstić information content (AvgIpc) is 2.74. The first-order valence-corrected chi connectivity index (χ1v) is 6.82. The molecular formula is C16H17FN2. The second kappa shape index (κ2) is 4.65. The molecule has 0 amide bonds. The Hall–Kier alpha value is -1.90. The lowest BCUT2D eigenvalue weighted by atomic mass is 10.0. The van der Waals surface area contributed by atoms with Crippen LogP contribution in [-0.4, -0.2) is 9.97 Å². The predicted molar refractivity (Wildman–Crippen MR) is 76.9 cm³/mol. The normalized spacial score (nSPS) is 11.5. The van der Waals surface area contributed by atoms with Gasteiger partial charge >= 0.3 is 0 Å². The van der Waals surface area contributed by atoms with Crippen LogP contribution in [-0.2, 0) is 12.8 Å². The van der Waals surface area contributed by atoms with Crippen molar-refractivity contribution < 1.29 is 4.39 Å². The van der Waals surface area contributed by atoms with Gasteiger partial charge in [-0.05, 0) is 42.7 Å². The Morgan fingerprint density at radius 2 is 2.00 bits per heavy atom. The van der Waals surface area contributed by atoms with E-state index in [4.69, 9.17) is 4.98 Å². The van der Waals surface area contributed by atoms with Crippen molar-refractivity contribution in [3.8, 4) is 0 Å². The van der Waals surface area contributed by atoms with Crippen molar-refractivity contribution in [3.05, 3.63) is 41.3 Å². The highest BCUT2D eigenvalue weighted by Gasteiger charge is 2.10. The van der Waals surface area contributed by atoms with Crippen LogP contribution in [0.2, 0.25) is 0 Å². The van der Waals surface area contributed by atoms with Gasteiger partial charge in [-0.2, -0.15) is 0 Å². The largest absolute Gasteiger partial charge is 0.339 e. The van der Waals surface area contributed by atoms with Gasteiger partial charge < -0.3 is 4.98 Å². The standard InChI is InChI=1S/C16H17FN2/c1-3-5-14-10(4-2)8-13-12-7-6-11(17)9-15(12)19-16(13)18-14/h6-9H,3-5H2,1-2H3,(H,18,19). The van der Waals surface area contributed by atoms with Gasteiger partial charge in [0.2, 0.25) is 0 Å². The first-order chi connectivity index (χ1) is 9.22. The second-order valence-electron chi connectivity index (χ2n) is 4.91. The number of aromatic amines is 1. The summed E-state index contributed by atoms with van der Waals surface area (Å²) in [5.41, 5.74) is 4.13. The first-order valence-electron chi connectivity index (χ1n) is 6.82. The van der Waals surface area contributed by atoms with E-state index in [1.807, 2.05) is 6.07 Å². The van der Waals surface area contributed by atoms with E-state index in [0.717, 1.165) is 46.9 Å². The molecule has 2 nitrogen and oxygen atoms in total. The van der Waals surface area contributed by atoms with Crippen LogP contribution in [0.5, 0.6) is 0 Å². The van der Waals surface area contributed by atoms with Crippen molar-refractivity contribution in [2.75, 3.05) is 0 Å². The number of nitrogens with one attached hydrogen (secondary N) is 1. The molecule has 0 fully saturated rings. The highest BCUT2D eigenvalue weighted by atomic mass is 19.1. The van der Waals surface area contributed by atoms with E-state index in [1.165, 1.54) is 17.7 Å². The summed E-state index contributed by atoms with van der Waals surface area (Å²) in [4.78, 5) is 7.94. The summed E-state index contributed by atoms with van der Waals surface area (Å²) in [5.74, 6) is -0.219. The van der Waals surface area contributed by atoms with Crippen LogP contribution in [0.3, 0.4) is 0 Å². The number of halogens is 1. The molecule has 19 heavy (non-hydrogen) atoms. The van der Waals surface area contributed by atoms with Gasteiger partial charge in [-0.15, -0.1) is 0 Å². The van der Waals surface area contributed by atoms with Crippen molar-refractivity contribution in [1.82, 2.24) is 9.97 Å². The molecule has 98 valence electrons. The number of fused-ring (bicyclic) bond motifs is 3. The van der Waals surface area contributed by atoms with Crippen LogP contribution in [0.4, 0.5) is 4.39 Å². The van der Waals surface area contributed by atoms with Gasteiger partial charge in [0.15, 0.2) is 0 Å². The third-order valence-corrected chi connectivity index (χ3v) is 3.58. The molecule has 3 heteroatoms. The minimum atomic E-state index is -0.219. The summed E-state index contributed by atoms with van der Waals surface area (Å²) in [6, 6.07) is 7.05. The van der Waals surface area contributed by atoms with Crippen LogP contribution in [0.25, 0.3) is 21.9 Å². The molecule has 3 aromatic rings. The number of hydrogen-bond acceptors (Lipinski definition) is 1. The Kier molecular flexibility index (Phi) is 2.97. The van der Waals surface area contributed by atoms with Crippen molar-refractivity contribution in [1.29, 1.82) is 0 Å². The monoisotopic (exact) mass is 256 g/mol. The van der Waals surface area contributed by atoms with Crippen molar-refractivity contribution in [2.24, 2.45) is 0 Å². The molecule has 0 atom stereocenters. The van der Waals surface area contributed by atoms with Crippen molar-refractivity contribution in [3.63, 3.8) is 0 Å². The summed E-state index contributed by atoms with van der Waals surface area (Å²) in [5, 5.41) is 2.13. The van der Waals surface area contributed by atoms with Gasteiger partial charge in [0.1, 0.15) is 11.5 Å². The fourth-order valence-corrected chi connectivity index (χ4v) is 2.64. The highest BCUT2D eigenvalue weighted by molar-refractivity contribution is 6.06. The van der Waals surface area contributed by atoms with Crippen molar-refractivity contribution >= 4 is 21.9 Å². The molecule has 0 unspecified atom stereocenters. The maximum atomic E-state index is 13.3. The van der Waals surface area contributed by atoms with E-state index in [2.05, 4.69) is 24.9 Å². The highest BCUT2D eigenvalue weighted by Crippen LogP contribution is 2.27. The molecule has 0 spiro atoms. The number of H-pyrrole nitrogens is 1. The molecule has 3 rings (SSSR count). The lowest BCUT2D eigenvalue weighted by molar-refractivity contribution is 0.629. The quantitative estimate of drug-likeness (QED) is 0.740. The third-order valence-electron chi connectivity index (χ3n) is 3.58. The van der Waals surface area contributed by atoms with Gasteiger partial charge in [-0.1, -0.05) is 20.3 Å². The molecule has 0 saturated heterocycles. The average molecular weight is 256 g/mol. The number of rotatable bonds is 3. The number of benzene rings is 1. The molecule has 0 saturated carbocycles. The lowest BCUT2D eigenvalue weighted by Crippen LogP contribution is -1.97. The summed E-state index contributed by atoms with van der Waals surface area (Å²) >= 11 is 0. The molecule has 0 aliphatic carbocycles. The van der Waals surface area contributed by atoms with Crippen LogP contribution < -0.4 is 0 Å². The maximum absolute atomic E-state index is 13.3. The summed E-state index contributed by atoms with van der Waals surface area (Å²) in [6.07, 6.45) is 3.05. The van der Waals surface area contributed by atoms with E-state index >= 15 is 0 Å². The fourth-order valence-electron chi connectivity index (χ4n) is 2.64. The minimum Gasteiger partial charge on any atom is -0.339 e. The number of hydrogen-bond donors (Lipinski definition) is 1. The van der Waals surface area contributed by atoms with Crippen LogP contribution in [0.15, 0.2) is 24.3 Å². The van der Waals surface area contributed by atoms with E-state index in [-0.39, 0.29) is 5.82 Å². The van der Waals surface area contributed by atoms with Crippen LogP contribution in [0, 0.1) is 5.82 Å². The lowest BCUT2D eigenvalue weighted by Gasteiger charge is -2.06. The number of aryl methyl sites for hydroxylation is 2. The molecule has 1 N–H and O–H groups in total. The van der Waals surface area contributed by atoms with Crippen molar-refractivity contribution in [2.45, 2.75) is 33.1 Å². The maximum Gasteiger partial charge on any atom is 0.138 e. The molecule has 1 aromatic carbocycles. The molecule has 2 aromatic heterocycles. The summed E-state index contributed by atoms with van der Waals surface area (Å²) < 4.78 is 13.3. The van der Waals surface area contributed by atoms with E-state index in [9.17, 15) is 4.39 Å². The summed E-state index contributed by atoms with van der Waals surface area (Å²) in [7, 11) is 0. The first kappa shape index (κ1) is 12.2. The zero-order valence-corrected chi connectivity index (χ0v) is 11.3. The third kappa shape index (κ3) is 1.99. The Bertz CT molecular complexity index is 743. The molecule has 0 aliphatic rings. The van der Waals surface area contributed by atoms with Gasteiger partial charge in [-0.3, -0.25) is 0 Å². The minimum absolute atomic E-state index is 0.219. The van der Waals surface area contributed by atoms with Gasteiger partial charge in [0, 0.05) is 16.5 Å². The van der Waals surface area contributed by atoms with E-state index < -0.39 is 0 Å². The van der Waals surface area contributed by atoms with Gasteiger partial charge in [0.05, 0.1) is 5.52 Å². The topological polar surface area (TPSA) is 28.7 Å². The zero-order valence-electron chi connectivity index (χ0n) is 11.3. The Labute approximate surface area is 111 Å². The molecule has 0 bridgehead atoms. The number of aromatic nitrogens is 2. The SMILES string of the molecule is CCCc1nc2[nH]c3cc(F)ccc3c2cc1CC. The van der Waals surface area contributed by atoms with E-state index in [0.29, 0.717) is 0 Å². The number of nitrogens with zero attached hydrogens (tertiary/aromatic N) is 1. The Morgan fingerprint density at radius 1 is 1.16 bits per heavy atom. The Balaban J connectivity index is 2.31. The van der Waals surface area contributed by atoms with Crippen LogP contribution >= 0.6 is 0 Å². The number of pyridine rings is 1. The van der Waals surface area contributed by atoms with Gasteiger partial charge in [0.25, 0.3) is 0 Å². The van der Waals surface area contributed by atoms with Crippen LogP contribution in [0.1, 0.15) is 31.5 Å². The molecule has 2 heterocycles. The van der Waals surface area contributed by atoms with E-state index in [1.54, 1.807) is 0 Å². The fraction of sp³-hybridized carbons (Fsp3) is 0.312. The molecule has 0 aliphatic heterocycles. The van der Waals surface area contributed by atoms with Gasteiger partial charge in [-0.25, -0.2) is 9.37 Å². The molecular weight excluding hydrogens is 239 g/mol. The molecule has 0 radical (unpaired) electrons.